The number of hydrogen-bond acceptors (Lipinski definition) is 3. The van der Waals surface area contributed by atoms with Gasteiger partial charge in [0.15, 0.2) is 5.78 Å². The Morgan fingerprint density at radius 2 is 1.70 bits per heavy atom. The van der Waals surface area contributed by atoms with E-state index in [0.29, 0.717) is 5.56 Å². The molecule has 0 spiro atoms. The van der Waals surface area contributed by atoms with Gasteiger partial charge in [-0.05, 0) is 17.7 Å². The lowest BCUT2D eigenvalue weighted by Gasteiger charge is -2.11. The Morgan fingerprint density at radius 1 is 1.00 bits per heavy atom. The van der Waals surface area contributed by atoms with Gasteiger partial charge in [0, 0.05) is 17.1 Å². The number of fused-ring (bicyclic) bond motifs is 1. The fourth-order valence-corrected chi connectivity index (χ4v) is 2.20. The van der Waals surface area contributed by atoms with Gasteiger partial charge in [0.1, 0.15) is 0 Å². The van der Waals surface area contributed by atoms with Crippen molar-refractivity contribution in [3.05, 3.63) is 78.0 Å². The third kappa shape index (κ3) is 2.31. The van der Waals surface area contributed by atoms with Crippen molar-refractivity contribution in [1.82, 2.24) is 4.98 Å². The molecule has 0 saturated heterocycles. The van der Waals surface area contributed by atoms with Gasteiger partial charge in [-0.2, -0.15) is 0 Å². The predicted octanol–water partition coefficient (Wildman–Crippen LogP) is 3.12. The number of rotatable bonds is 3. The maximum Gasteiger partial charge on any atom is 0.185 e. The first-order chi connectivity index (χ1) is 9.75. The molecule has 0 radical (unpaired) electrons. The Balaban J connectivity index is 1.96. The van der Waals surface area contributed by atoms with Gasteiger partial charge < -0.3 is 5.73 Å². The second-order valence-corrected chi connectivity index (χ2v) is 4.67. The van der Waals surface area contributed by atoms with Gasteiger partial charge in [-0.25, -0.2) is 0 Å². The Kier molecular flexibility index (Phi) is 3.27. The Bertz CT molecular complexity index is 753. The molecule has 0 fully saturated rings. The number of ketones is 1. The largest absolute Gasteiger partial charge is 0.318 e. The first-order valence-corrected chi connectivity index (χ1v) is 6.45. The third-order valence-electron chi connectivity index (χ3n) is 3.32. The smallest absolute Gasteiger partial charge is 0.185 e. The highest BCUT2D eigenvalue weighted by Gasteiger charge is 2.18. The van der Waals surface area contributed by atoms with Crippen LogP contribution in [0.4, 0.5) is 0 Å². The number of pyridine rings is 1. The van der Waals surface area contributed by atoms with E-state index in [1.165, 1.54) is 0 Å². The highest BCUT2D eigenvalue weighted by atomic mass is 16.1. The lowest BCUT2D eigenvalue weighted by Crippen LogP contribution is -2.21. The second-order valence-electron chi connectivity index (χ2n) is 4.67. The molecule has 20 heavy (non-hydrogen) atoms. The summed E-state index contributed by atoms with van der Waals surface area (Å²) in [5, 5.41) is 0.943. The fraction of sp³-hybridized carbons (Fsp3) is 0.0588. The molecule has 2 aromatic carbocycles. The number of carbonyl (C=O) groups is 1. The number of hydrogen-bond donors (Lipinski definition) is 1. The van der Waals surface area contributed by atoms with Crippen molar-refractivity contribution < 1.29 is 4.79 Å². The molecule has 0 aliphatic heterocycles. The topological polar surface area (TPSA) is 56.0 Å². The van der Waals surface area contributed by atoms with E-state index in [2.05, 4.69) is 4.98 Å². The Hall–Kier alpha value is -2.52. The summed E-state index contributed by atoms with van der Waals surface area (Å²) < 4.78 is 0. The van der Waals surface area contributed by atoms with E-state index in [4.69, 9.17) is 5.73 Å². The van der Waals surface area contributed by atoms with Crippen molar-refractivity contribution in [3.8, 4) is 0 Å². The first kappa shape index (κ1) is 12.5. The molecule has 3 heteroatoms. The van der Waals surface area contributed by atoms with Gasteiger partial charge >= 0.3 is 0 Å². The van der Waals surface area contributed by atoms with E-state index in [1.807, 2.05) is 60.7 Å². The van der Waals surface area contributed by atoms with E-state index in [1.54, 1.807) is 6.20 Å². The van der Waals surface area contributed by atoms with Crippen molar-refractivity contribution in [2.75, 3.05) is 0 Å². The van der Waals surface area contributed by atoms with Crippen molar-refractivity contribution in [2.24, 2.45) is 5.73 Å². The molecular weight excluding hydrogens is 248 g/mol. The molecule has 3 aromatic rings. The summed E-state index contributed by atoms with van der Waals surface area (Å²) in [6.45, 7) is 0. The van der Waals surface area contributed by atoms with E-state index >= 15 is 0 Å². The van der Waals surface area contributed by atoms with Crippen LogP contribution in [0.1, 0.15) is 22.0 Å². The molecule has 0 saturated carbocycles. The summed E-state index contributed by atoms with van der Waals surface area (Å²) in [7, 11) is 0. The summed E-state index contributed by atoms with van der Waals surface area (Å²) in [6.07, 6.45) is 1.59. The molecule has 2 N–H and O–H groups in total. The van der Waals surface area contributed by atoms with Gasteiger partial charge in [-0.3, -0.25) is 9.78 Å². The number of aromatic nitrogens is 1. The minimum atomic E-state index is -0.654. The predicted molar refractivity (Wildman–Crippen MR) is 79.4 cm³/mol. The lowest BCUT2D eigenvalue weighted by atomic mass is 9.98. The van der Waals surface area contributed by atoms with Gasteiger partial charge in [0.25, 0.3) is 0 Å². The summed E-state index contributed by atoms with van der Waals surface area (Å²) >= 11 is 0. The average Bonchev–Trinajstić information content (AvgIpc) is 2.54. The van der Waals surface area contributed by atoms with E-state index in [0.717, 1.165) is 16.5 Å². The number of Topliss-reactive ketones (excluding diaryl/α,β-unsaturated/α-hetero) is 1. The van der Waals surface area contributed by atoms with Crippen LogP contribution in [0.2, 0.25) is 0 Å². The molecule has 98 valence electrons. The third-order valence-corrected chi connectivity index (χ3v) is 3.32. The Morgan fingerprint density at radius 3 is 2.50 bits per heavy atom. The zero-order valence-corrected chi connectivity index (χ0v) is 10.9. The Labute approximate surface area is 117 Å². The molecule has 0 bridgehead atoms. The number of carbonyl (C=O) groups excluding carboxylic acids is 1. The number of benzene rings is 2. The van der Waals surface area contributed by atoms with Crippen molar-refractivity contribution in [2.45, 2.75) is 6.04 Å². The van der Waals surface area contributed by atoms with Crippen LogP contribution in [-0.4, -0.2) is 10.8 Å². The maximum atomic E-state index is 12.4. The molecule has 1 aromatic heterocycles. The summed E-state index contributed by atoms with van der Waals surface area (Å²) in [5.41, 5.74) is 8.26. The maximum absolute atomic E-state index is 12.4. The number of nitrogens with zero attached hydrogens (tertiary/aromatic N) is 1. The van der Waals surface area contributed by atoms with Crippen LogP contribution in [-0.2, 0) is 0 Å². The van der Waals surface area contributed by atoms with Crippen LogP contribution < -0.4 is 5.73 Å². The average molecular weight is 262 g/mol. The van der Waals surface area contributed by atoms with E-state index in [-0.39, 0.29) is 5.78 Å². The van der Waals surface area contributed by atoms with Gasteiger partial charge in [-0.1, -0.05) is 48.5 Å². The molecule has 0 aliphatic carbocycles. The summed E-state index contributed by atoms with van der Waals surface area (Å²) in [5.74, 6) is -0.116. The summed E-state index contributed by atoms with van der Waals surface area (Å²) in [6, 6.07) is 18.3. The normalized spacial score (nSPS) is 12.2. The SMILES string of the molecule is NC(C(=O)c1cnc2ccccc2c1)c1ccccc1. The second kappa shape index (κ2) is 5.23. The lowest BCUT2D eigenvalue weighted by molar-refractivity contribution is 0.0961. The molecule has 3 rings (SSSR count). The van der Waals surface area contributed by atoms with E-state index < -0.39 is 6.04 Å². The van der Waals surface area contributed by atoms with Gasteiger partial charge in [0.05, 0.1) is 11.6 Å². The number of para-hydroxylation sites is 1. The molecule has 3 nitrogen and oxygen atoms in total. The highest BCUT2D eigenvalue weighted by molar-refractivity contribution is 6.02. The van der Waals surface area contributed by atoms with Crippen LogP contribution in [0.5, 0.6) is 0 Å². The van der Waals surface area contributed by atoms with E-state index in [9.17, 15) is 4.79 Å². The van der Waals surface area contributed by atoms with Crippen LogP contribution in [0.3, 0.4) is 0 Å². The van der Waals surface area contributed by atoms with Crippen molar-refractivity contribution in [1.29, 1.82) is 0 Å². The van der Waals surface area contributed by atoms with Crippen LogP contribution in [0, 0.1) is 0 Å². The van der Waals surface area contributed by atoms with Crippen LogP contribution >= 0.6 is 0 Å². The van der Waals surface area contributed by atoms with Crippen molar-refractivity contribution >= 4 is 16.7 Å². The van der Waals surface area contributed by atoms with Gasteiger partial charge in [-0.15, -0.1) is 0 Å². The first-order valence-electron chi connectivity index (χ1n) is 6.45. The molecule has 1 unspecified atom stereocenters. The summed E-state index contributed by atoms with van der Waals surface area (Å²) in [4.78, 5) is 16.7. The standard InChI is InChI=1S/C17H14N2O/c18-16(12-6-2-1-3-7-12)17(20)14-10-13-8-4-5-9-15(13)19-11-14/h1-11,16H,18H2. The fourth-order valence-electron chi connectivity index (χ4n) is 2.20. The minimum absolute atomic E-state index is 0.116. The number of nitrogens with two attached hydrogens (primary N) is 1. The van der Waals surface area contributed by atoms with Crippen molar-refractivity contribution in [3.63, 3.8) is 0 Å². The van der Waals surface area contributed by atoms with Gasteiger partial charge in [0.2, 0.25) is 0 Å². The highest BCUT2D eigenvalue weighted by Crippen LogP contribution is 2.18. The quantitative estimate of drug-likeness (QED) is 0.738. The monoisotopic (exact) mass is 262 g/mol. The zero-order chi connectivity index (χ0) is 13.9. The van der Waals surface area contributed by atoms with Crippen LogP contribution in [0.25, 0.3) is 10.9 Å². The zero-order valence-electron chi connectivity index (χ0n) is 10.9. The molecule has 1 heterocycles. The molecule has 1 atom stereocenters. The minimum Gasteiger partial charge on any atom is -0.318 e. The molecule has 0 aliphatic rings. The molecule has 0 amide bonds. The molecular formula is C17H14N2O. The van der Waals surface area contributed by atoms with Crippen LogP contribution in [0.15, 0.2) is 66.9 Å².